The van der Waals surface area contributed by atoms with Crippen molar-refractivity contribution in [2.24, 2.45) is 11.5 Å². The van der Waals surface area contributed by atoms with Crippen molar-refractivity contribution in [3.63, 3.8) is 0 Å². The van der Waals surface area contributed by atoms with E-state index in [2.05, 4.69) is 0 Å². The first-order valence-corrected chi connectivity index (χ1v) is 8.83. The van der Waals surface area contributed by atoms with Crippen LogP contribution < -0.4 is 21.3 Å². The van der Waals surface area contributed by atoms with Crippen molar-refractivity contribution < 1.29 is 14.3 Å². The number of hydrogen-bond acceptors (Lipinski definition) is 5. The summed E-state index contributed by atoms with van der Waals surface area (Å²) in [7, 11) is 1.31. The standard InChI is InChI=1S/C20H24N4O3/c1-27-19(25)18(22)11-17-13-23(15-5-3-2-4-6-15)20(26)24(17)16-9-7-14(12-21)8-10-16/h2-10,17-18H,11-13,21-22H2,1H3. The Morgan fingerprint density at radius 3 is 2.41 bits per heavy atom. The largest absolute Gasteiger partial charge is 0.468 e. The van der Waals surface area contributed by atoms with E-state index in [1.54, 1.807) is 9.80 Å². The molecule has 0 bridgehead atoms. The summed E-state index contributed by atoms with van der Waals surface area (Å²) < 4.78 is 4.74. The van der Waals surface area contributed by atoms with Gasteiger partial charge in [-0.05, 0) is 36.2 Å². The molecule has 2 aromatic carbocycles. The third-order valence-corrected chi connectivity index (χ3v) is 4.74. The molecule has 1 heterocycles. The Kier molecular flexibility index (Phi) is 5.73. The zero-order valence-electron chi connectivity index (χ0n) is 15.2. The highest BCUT2D eigenvalue weighted by atomic mass is 16.5. The molecule has 2 unspecified atom stereocenters. The summed E-state index contributed by atoms with van der Waals surface area (Å²) in [4.78, 5) is 28.3. The van der Waals surface area contributed by atoms with Crippen LogP contribution in [-0.2, 0) is 16.1 Å². The molecule has 7 heteroatoms. The highest BCUT2D eigenvalue weighted by molar-refractivity contribution is 6.06. The molecule has 3 rings (SSSR count). The minimum absolute atomic E-state index is 0.149. The van der Waals surface area contributed by atoms with Crippen LogP contribution in [0.4, 0.5) is 16.2 Å². The number of para-hydroxylation sites is 1. The number of esters is 1. The van der Waals surface area contributed by atoms with Crippen molar-refractivity contribution in [3.05, 3.63) is 60.2 Å². The Labute approximate surface area is 158 Å². The van der Waals surface area contributed by atoms with Crippen molar-refractivity contribution in [3.8, 4) is 0 Å². The molecule has 2 amide bonds. The van der Waals surface area contributed by atoms with Crippen LogP contribution in [-0.4, -0.2) is 37.7 Å². The number of carbonyl (C=O) groups is 2. The normalized spacial score (nSPS) is 17.9. The van der Waals surface area contributed by atoms with Crippen LogP contribution in [0, 0.1) is 0 Å². The van der Waals surface area contributed by atoms with Gasteiger partial charge in [0.2, 0.25) is 0 Å². The first-order valence-electron chi connectivity index (χ1n) is 8.83. The van der Waals surface area contributed by atoms with Gasteiger partial charge in [-0.3, -0.25) is 14.6 Å². The maximum Gasteiger partial charge on any atom is 0.329 e. The van der Waals surface area contributed by atoms with E-state index in [9.17, 15) is 9.59 Å². The van der Waals surface area contributed by atoms with E-state index in [-0.39, 0.29) is 12.1 Å². The lowest BCUT2D eigenvalue weighted by molar-refractivity contribution is -0.142. The molecule has 1 saturated heterocycles. The maximum absolute atomic E-state index is 13.2. The molecular weight excluding hydrogens is 344 g/mol. The van der Waals surface area contributed by atoms with Crippen molar-refractivity contribution in [2.75, 3.05) is 23.5 Å². The van der Waals surface area contributed by atoms with E-state index in [0.29, 0.717) is 19.5 Å². The van der Waals surface area contributed by atoms with Crippen LogP contribution in [0.1, 0.15) is 12.0 Å². The molecule has 0 spiro atoms. The molecule has 2 aromatic rings. The van der Waals surface area contributed by atoms with Crippen LogP contribution in [0.15, 0.2) is 54.6 Å². The quantitative estimate of drug-likeness (QED) is 0.758. The molecule has 4 N–H and O–H groups in total. The Balaban J connectivity index is 1.91. The lowest BCUT2D eigenvalue weighted by atomic mass is 10.1. The van der Waals surface area contributed by atoms with Crippen molar-refractivity contribution in [1.82, 2.24) is 0 Å². The van der Waals surface area contributed by atoms with Gasteiger partial charge in [0.1, 0.15) is 6.04 Å². The van der Waals surface area contributed by atoms with Crippen LogP contribution in [0.25, 0.3) is 0 Å². The second-order valence-electron chi connectivity index (χ2n) is 6.49. The monoisotopic (exact) mass is 368 g/mol. The van der Waals surface area contributed by atoms with Crippen LogP contribution in [0.5, 0.6) is 0 Å². The third-order valence-electron chi connectivity index (χ3n) is 4.74. The molecule has 0 aliphatic carbocycles. The van der Waals surface area contributed by atoms with Gasteiger partial charge in [-0.2, -0.15) is 0 Å². The molecule has 27 heavy (non-hydrogen) atoms. The number of methoxy groups -OCH3 is 1. The number of nitrogens with zero attached hydrogens (tertiary/aromatic N) is 2. The fraction of sp³-hybridized carbons (Fsp3) is 0.300. The summed E-state index contributed by atoms with van der Waals surface area (Å²) in [5.41, 5.74) is 14.2. The molecule has 1 fully saturated rings. The Bertz CT molecular complexity index is 795. The highest BCUT2D eigenvalue weighted by Gasteiger charge is 2.40. The highest BCUT2D eigenvalue weighted by Crippen LogP contribution is 2.30. The van der Waals surface area contributed by atoms with Crippen molar-refractivity contribution in [2.45, 2.75) is 25.0 Å². The molecule has 7 nitrogen and oxygen atoms in total. The average molecular weight is 368 g/mol. The van der Waals surface area contributed by atoms with Gasteiger partial charge in [-0.1, -0.05) is 30.3 Å². The molecular formula is C20H24N4O3. The summed E-state index contributed by atoms with van der Waals surface area (Å²) in [5.74, 6) is -0.487. The lowest BCUT2D eigenvalue weighted by Crippen LogP contribution is -2.42. The summed E-state index contributed by atoms with van der Waals surface area (Å²) >= 11 is 0. The number of benzene rings is 2. The first-order chi connectivity index (χ1) is 13.0. The van der Waals surface area contributed by atoms with E-state index in [4.69, 9.17) is 16.2 Å². The maximum atomic E-state index is 13.2. The van der Waals surface area contributed by atoms with Gasteiger partial charge in [0.25, 0.3) is 0 Å². The smallest absolute Gasteiger partial charge is 0.329 e. The second-order valence-corrected chi connectivity index (χ2v) is 6.49. The van der Waals surface area contributed by atoms with Crippen LogP contribution >= 0.6 is 0 Å². The van der Waals surface area contributed by atoms with Gasteiger partial charge in [0.05, 0.1) is 13.2 Å². The summed E-state index contributed by atoms with van der Waals surface area (Å²) in [6, 6.07) is 15.8. The van der Waals surface area contributed by atoms with E-state index < -0.39 is 12.0 Å². The molecule has 0 saturated carbocycles. The minimum atomic E-state index is -0.797. The number of anilines is 2. The summed E-state index contributed by atoms with van der Waals surface area (Å²) in [6.07, 6.45) is 0.306. The van der Waals surface area contributed by atoms with Crippen molar-refractivity contribution >= 4 is 23.4 Å². The number of rotatable bonds is 6. The van der Waals surface area contributed by atoms with Gasteiger partial charge in [0.15, 0.2) is 0 Å². The number of hydrogen-bond donors (Lipinski definition) is 2. The molecule has 1 aliphatic heterocycles. The number of ether oxygens (including phenoxy) is 1. The topological polar surface area (TPSA) is 102 Å². The fourth-order valence-electron chi connectivity index (χ4n) is 3.32. The van der Waals surface area contributed by atoms with E-state index >= 15 is 0 Å². The third kappa shape index (κ3) is 3.94. The number of carbonyl (C=O) groups excluding carboxylic acids is 2. The Hall–Kier alpha value is -2.90. The van der Waals surface area contributed by atoms with Crippen LogP contribution in [0.3, 0.4) is 0 Å². The van der Waals surface area contributed by atoms with Gasteiger partial charge in [-0.25, -0.2) is 4.79 Å². The predicted octanol–water partition coefficient (Wildman–Crippen LogP) is 1.85. The number of nitrogens with two attached hydrogens (primary N) is 2. The van der Waals surface area contributed by atoms with E-state index in [1.807, 2.05) is 54.6 Å². The average Bonchev–Trinajstić information content (AvgIpc) is 3.03. The lowest BCUT2D eigenvalue weighted by Gasteiger charge is -2.25. The van der Waals surface area contributed by atoms with Gasteiger partial charge >= 0.3 is 12.0 Å². The van der Waals surface area contributed by atoms with Gasteiger partial charge < -0.3 is 16.2 Å². The minimum Gasteiger partial charge on any atom is -0.468 e. The predicted molar refractivity (Wildman–Crippen MR) is 104 cm³/mol. The molecule has 2 atom stereocenters. The first kappa shape index (κ1) is 18.9. The second kappa shape index (κ2) is 8.20. The fourth-order valence-corrected chi connectivity index (χ4v) is 3.32. The summed E-state index contributed by atoms with van der Waals surface area (Å²) in [5, 5.41) is 0. The van der Waals surface area contributed by atoms with E-state index in [1.165, 1.54) is 7.11 Å². The molecule has 0 radical (unpaired) electrons. The molecule has 1 aliphatic rings. The zero-order valence-corrected chi connectivity index (χ0v) is 15.2. The summed E-state index contributed by atoms with van der Waals surface area (Å²) in [6.45, 7) is 0.868. The SMILES string of the molecule is COC(=O)C(N)CC1CN(c2ccccc2)C(=O)N1c1ccc(CN)cc1. The van der Waals surface area contributed by atoms with Gasteiger partial charge in [-0.15, -0.1) is 0 Å². The number of urea groups is 1. The van der Waals surface area contributed by atoms with E-state index in [0.717, 1.165) is 16.9 Å². The van der Waals surface area contributed by atoms with Crippen molar-refractivity contribution in [1.29, 1.82) is 0 Å². The molecule has 142 valence electrons. The Morgan fingerprint density at radius 1 is 1.15 bits per heavy atom. The Morgan fingerprint density at radius 2 is 1.81 bits per heavy atom. The van der Waals surface area contributed by atoms with Gasteiger partial charge in [0, 0.05) is 24.5 Å². The number of amides is 2. The van der Waals surface area contributed by atoms with Crippen LogP contribution in [0.2, 0.25) is 0 Å². The molecule has 0 aromatic heterocycles. The zero-order chi connectivity index (χ0) is 19.4.